The van der Waals surface area contributed by atoms with E-state index in [4.69, 9.17) is 27.9 Å². The lowest BCUT2D eigenvalue weighted by molar-refractivity contribution is -0.119. The van der Waals surface area contributed by atoms with Gasteiger partial charge in [-0.1, -0.05) is 65.3 Å². The van der Waals surface area contributed by atoms with E-state index in [0.717, 1.165) is 5.56 Å². The molecule has 1 unspecified atom stereocenters. The second-order valence-corrected chi connectivity index (χ2v) is 8.10. The van der Waals surface area contributed by atoms with Gasteiger partial charge in [0.05, 0.1) is 16.8 Å². The number of hydrogen-bond acceptors (Lipinski definition) is 5. The normalized spacial score (nSPS) is 11.9. The third-order valence-electron chi connectivity index (χ3n) is 4.18. The van der Waals surface area contributed by atoms with Gasteiger partial charge in [0.15, 0.2) is 11.0 Å². The number of ether oxygens (including phenoxy) is 1. The van der Waals surface area contributed by atoms with Crippen molar-refractivity contribution in [1.82, 2.24) is 20.1 Å². The van der Waals surface area contributed by atoms with Crippen LogP contribution in [0.5, 0.6) is 5.75 Å². The number of hydrogen-bond donors (Lipinski definition) is 1. The van der Waals surface area contributed by atoms with E-state index in [-0.39, 0.29) is 24.3 Å². The first-order valence-electron chi connectivity index (χ1n) is 8.87. The quantitative estimate of drug-likeness (QED) is 0.504. The molecule has 0 aliphatic carbocycles. The lowest BCUT2D eigenvalue weighted by atomic mass is 10.1. The van der Waals surface area contributed by atoms with Crippen LogP contribution in [0.1, 0.15) is 24.4 Å². The maximum Gasteiger partial charge on any atom is 0.230 e. The van der Waals surface area contributed by atoms with Crippen molar-refractivity contribution in [3.05, 3.63) is 70.0 Å². The van der Waals surface area contributed by atoms with Crippen LogP contribution in [-0.2, 0) is 18.4 Å². The van der Waals surface area contributed by atoms with Gasteiger partial charge in [0.2, 0.25) is 5.91 Å². The summed E-state index contributed by atoms with van der Waals surface area (Å²) in [5.74, 6) is 1.26. The standard InChI is InChI=1S/C20H20Cl2N4O2S/c1-13(14-6-4-3-5-7-14)23-19(27)12-29-20-25-24-18(26(20)2)11-28-17-10-15(21)8-9-16(17)22/h3-10,13H,11-12H2,1-2H3,(H,23,27). The first-order valence-corrected chi connectivity index (χ1v) is 10.6. The highest BCUT2D eigenvalue weighted by molar-refractivity contribution is 7.99. The van der Waals surface area contributed by atoms with Crippen LogP contribution in [-0.4, -0.2) is 26.4 Å². The molecule has 0 aliphatic heterocycles. The van der Waals surface area contributed by atoms with Gasteiger partial charge in [0.1, 0.15) is 12.4 Å². The molecule has 29 heavy (non-hydrogen) atoms. The van der Waals surface area contributed by atoms with Crippen molar-refractivity contribution in [2.45, 2.75) is 24.7 Å². The fourth-order valence-corrected chi connectivity index (χ4v) is 3.64. The number of halogens is 2. The highest BCUT2D eigenvalue weighted by Crippen LogP contribution is 2.28. The monoisotopic (exact) mass is 450 g/mol. The fourth-order valence-electron chi connectivity index (χ4n) is 2.56. The van der Waals surface area contributed by atoms with Crippen LogP contribution >= 0.6 is 35.0 Å². The molecule has 1 N–H and O–H groups in total. The number of nitrogens with one attached hydrogen (secondary N) is 1. The molecule has 3 aromatic rings. The minimum Gasteiger partial charge on any atom is -0.484 e. The minimum atomic E-state index is -0.0714. The van der Waals surface area contributed by atoms with Crippen molar-refractivity contribution >= 4 is 40.9 Å². The van der Waals surface area contributed by atoms with Crippen LogP contribution in [0, 0.1) is 0 Å². The summed E-state index contributed by atoms with van der Waals surface area (Å²) in [5.41, 5.74) is 1.06. The van der Waals surface area contributed by atoms with Crippen LogP contribution in [0.25, 0.3) is 0 Å². The molecule has 0 saturated heterocycles. The number of carbonyl (C=O) groups is 1. The van der Waals surface area contributed by atoms with Crippen molar-refractivity contribution in [1.29, 1.82) is 0 Å². The van der Waals surface area contributed by atoms with Gasteiger partial charge in [0.25, 0.3) is 0 Å². The van der Waals surface area contributed by atoms with Gasteiger partial charge in [-0.15, -0.1) is 10.2 Å². The molecule has 6 nitrogen and oxygen atoms in total. The first kappa shape index (κ1) is 21.5. The van der Waals surface area contributed by atoms with E-state index in [1.807, 2.05) is 44.3 Å². The Kier molecular flexibility index (Phi) is 7.41. The molecule has 3 rings (SSSR count). The molecule has 0 spiro atoms. The van der Waals surface area contributed by atoms with Crippen LogP contribution in [0.2, 0.25) is 10.0 Å². The third-order valence-corrected chi connectivity index (χ3v) is 5.75. The minimum absolute atomic E-state index is 0.0600. The zero-order valence-electron chi connectivity index (χ0n) is 15.9. The zero-order chi connectivity index (χ0) is 20.8. The highest BCUT2D eigenvalue weighted by Gasteiger charge is 2.14. The average molecular weight is 451 g/mol. The maximum atomic E-state index is 12.3. The average Bonchev–Trinajstić information content (AvgIpc) is 3.07. The Balaban J connectivity index is 1.53. The molecule has 1 atom stereocenters. The largest absolute Gasteiger partial charge is 0.484 e. The van der Waals surface area contributed by atoms with Crippen molar-refractivity contribution in [3.8, 4) is 5.75 Å². The van der Waals surface area contributed by atoms with Crippen molar-refractivity contribution < 1.29 is 9.53 Å². The van der Waals surface area contributed by atoms with Crippen LogP contribution in [0.3, 0.4) is 0 Å². The predicted molar refractivity (Wildman–Crippen MR) is 116 cm³/mol. The Morgan fingerprint density at radius 2 is 1.97 bits per heavy atom. The first-order chi connectivity index (χ1) is 13.9. The summed E-state index contributed by atoms with van der Waals surface area (Å²) < 4.78 is 7.49. The van der Waals surface area contributed by atoms with Gasteiger partial charge in [-0.3, -0.25) is 4.79 Å². The van der Waals surface area contributed by atoms with E-state index in [1.165, 1.54) is 11.8 Å². The summed E-state index contributed by atoms with van der Waals surface area (Å²) in [6.07, 6.45) is 0. The van der Waals surface area contributed by atoms with Gasteiger partial charge in [-0.25, -0.2) is 0 Å². The molecular weight excluding hydrogens is 431 g/mol. The SMILES string of the molecule is CC(NC(=O)CSc1nnc(COc2cc(Cl)ccc2Cl)n1C)c1ccccc1. The molecule has 1 heterocycles. The summed E-state index contributed by atoms with van der Waals surface area (Å²) in [7, 11) is 1.82. The molecule has 0 aliphatic rings. The van der Waals surface area contributed by atoms with Crippen LogP contribution in [0.4, 0.5) is 0 Å². The molecule has 152 valence electrons. The van der Waals surface area contributed by atoms with E-state index in [0.29, 0.717) is 26.8 Å². The smallest absolute Gasteiger partial charge is 0.230 e. The Labute approximate surface area is 183 Å². The number of amides is 1. The fraction of sp³-hybridized carbons (Fsp3) is 0.250. The van der Waals surface area contributed by atoms with Crippen molar-refractivity contribution in [3.63, 3.8) is 0 Å². The molecular formula is C20H20Cl2N4O2S. The number of aromatic nitrogens is 3. The molecule has 1 aromatic heterocycles. The summed E-state index contributed by atoms with van der Waals surface area (Å²) in [4.78, 5) is 12.3. The second-order valence-electron chi connectivity index (χ2n) is 6.31. The number of carbonyl (C=O) groups excluding carboxylic acids is 1. The second kappa shape index (κ2) is 10.0. The maximum absolute atomic E-state index is 12.3. The lowest BCUT2D eigenvalue weighted by Gasteiger charge is -2.14. The predicted octanol–water partition coefficient (Wildman–Crippen LogP) is 4.67. The number of nitrogens with zero attached hydrogens (tertiary/aromatic N) is 3. The van der Waals surface area contributed by atoms with Gasteiger partial charge >= 0.3 is 0 Å². The van der Waals surface area contributed by atoms with Gasteiger partial charge in [0, 0.05) is 18.1 Å². The van der Waals surface area contributed by atoms with E-state index in [1.54, 1.807) is 22.8 Å². The van der Waals surface area contributed by atoms with E-state index < -0.39 is 0 Å². The molecule has 9 heteroatoms. The molecule has 0 saturated carbocycles. The zero-order valence-corrected chi connectivity index (χ0v) is 18.3. The van der Waals surface area contributed by atoms with Crippen LogP contribution < -0.4 is 10.1 Å². The number of thioether (sulfide) groups is 1. The molecule has 2 aromatic carbocycles. The van der Waals surface area contributed by atoms with Gasteiger partial charge in [-0.05, 0) is 24.6 Å². The van der Waals surface area contributed by atoms with Crippen LogP contribution in [0.15, 0.2) is 53.7 Å². The molecule has 0 bridgehead atoms. The molecule has 0 fully saturated rings. The molecule has 1 amide bonds. The lowest BCUT2D eigenvalue weighted by Crippen LogP contribution is -2.28. The number of benzene rings is 2. The van der Waals surface area contributed by atoms with E-state index in [9.17, 15) is 4.79 Å². The molecule has 0 radical (unpaired) electrons. The highest BCUT2D eigenvalue weighted by atomic mass is 35.5. The number of rotatable bonds is 8. The topological polar surface area (TPSA) is 69.0 Å². The Morgan fingerprint density at radius 1 is 1.21 bits per heavy atom. The summed E-state index contributed by atoms with van der Waals surface area (Å²) in [5, 5.41) is 12.9. The Bertz CT molecular complexity index is 982. The summed E-state index contributed by atoms with van der Waals surface area (Å²) in [6, 6.07) is 14.8. The van der Waals surface area contributed by atoms with E-state index >= 15 is 0 Å². The van der Waals surface area contributed by atoms with Crippen molar-refractivity contribution in [2.75, 3.05) is 5.75 Å². The Morgan fingerprint density at radius 3 is 2.72 bits per heavy atom. The van der Waals surface area contributed by atoms with Gasteiger partial charge in [-0.2, -0.15) is 0 Å². The summed E-state index contributed by atoms with van der Waals surface area (Å²) in [6.45, 7) is 2.14. The van der Waals surface area contributed by atoms with E-state index in [2.05, 4.69) is 15.5 Å². The summed E-state index contributed by atoms with van der Waals surface area (Å²) >= 11 is 13.4. The van der Waals surface area contributed by atoms with Gasteiger partial charge < -0.3 is 14.6 Å². The van der Waals surface area contributed by atoms with Crippen molar-refractivity contribution in [2.24, 2.45) is 7.05 Å². The Hall–Kier alpha value is -2.22. The third kappa shape index (κ3) is 5.88.